The van der Waals surface area contributed by atoms with Crippen molar-refractivity contribution in [2.75, 3.05) is 95.4 Å². The molecule has 0 aromatic heterocycles. The molecule has 0 spiro atoms. The molecule has 0 aliphatic rings. The molecule has 0 saturated heterocycles. The molecule has 0 bridgehead atoms. The van der Waals surface area contributed by atoms with E-state index in [1.54, 1.807) is 146 Å². The normalized spacial score (nSPS) is 13.4. The lowest BCUT2D eigenvalue weighted by atomic mass is 9.71. The molecule has 10 aromatic carbocycles. The van der Waals surface area contributed by atoms with Crippen LogP contribution in [0.15, 0.2) is 243 Å². The van der Waals surface area contributed by atoms with E-state index in [2.05, 4.69) is 42.5 Å². The zero-order chi connectivity index (χ0) is 75.2. The molecule has 10 rings (SSSR count). The van der Waals surface area contributed by atoms with Gasteiger partial charge in [0.25, 0.3) is 0 Å². The summed E-state index contributed by atoms with van der Waals surface area (Å²) in [6.07, 6.45) is 0. The first-order chi connectivity index (χ1) is 51.6. The highest BCUT2D eigenvalue weighted by Gasteiger charge is 2.48. The summed E-state index contributed by atoms with van der Waals surface area (Å²) < 4.78 is 0. The van der Waals surface area contributed by atoms with E-state index >= 15 is 38.4 Å². The molecule has 0 amide bonds. The van der Waals surface area contributed by atoms with Gasteiger partial charge in [-0.25, -0.2) is 0 Å². The number of hydrogen-bond acceptors (Lipinski definition) is 24. The first kappa shape index (κ1) is 76.5. The predicted molar refractivity (Wildman–Crippen MR) is 406 cm³/mol. The summed E-state index contributed by atoms with van der Waals surface area (Å²) in [6, 6.07) is 45.6. The van der Waals surface area contributed by atoms with Crippen LogP contribution >= 0.6 is 0 Å². The van der Waals surface area contributed by atoms with Crippen LogP contribution in [0, 0.1) is 0 Å². The van der Waals surface area contributed by atoms with E-state index in [0.29, 0.717) is 0 Å². The van der Waals surface area contributed by atoms with E-state index in [1.165, 1.54) is 97.1 Å². The third-order valence-electron chi connectivity index (χ3n) is 17.6. The minimum atomic E-state index is -2.07. The number of anilines is 8. The maximum atomic E-state index is 17.4. The minimum absolute atomic E-state index is 0.124. The van der Waals surface area contributed by atoms with Gasteiger partial charge in [0, 0.05) is 101 Å². The molecule has 16 N–H and O–H groups in total. The fraction of sp³-hybridized carbons (Fsp3) is 0.195. The number of para-hydroxylation sites is 8. The molecule has 24 heteroatoms. The highest BCUT2D eigenvalue weighted by atomic mass is 16.3. The van der Waals surface area contributed by atoms with Crippen molar-refractivity contribution in [2.24, 2.45) is 0 Å². The third kappa shape index (κ3) is 17.6. The van der Waals surface area contributed by atoms with E-state index in [9.17, 15) is 40.9 Å². The molecule has 544 valence electrons. The Bertz CT molecular complexity index is 4100. The summed E-state index contributed by atoms with van der Waals surface area (Å²) in [4.78, 5) is 138. The van der Waals surface area contributed by atoms with Crippen LogP contribution in [0.3, 0.4) is 0 Å². The van der Waals surface area contributed by atoms with Crippen molar-refractivity contribution in [3.8, 4) is 0 Å². The smallest absolute Gasteiger partial charge is 0.188 e. The highest BCUT2D eigenvalue weighted by Crippen LogP contribution is 2.45. The molecular formula is C82H80N8O16. The van der Waals surface area contributed by atoms with Gasteiger partial charge in [0.05, 0.1) is 52.9 Å². The Balaban J connectivity index is 1.58. The van der Waals surface area contributed by atoms with Crippen LogP contribution in [0.25, 0.3) is 10.8 Å². The van der Waals surface area contributed by atoms with Crippen LogP contribution in [0.5, 0.6) is 0 Å². The first-order valence-corrected chi connectivity index (χ1v) is 34.1. The average Bonchev–Trinajstić information content (AvgIpc) is 0.690. The number of carbonyl (C=O) groups excluding carboxylic acids is 8. The van der Waals surface area contributed by atoms with Crippen LogP contribution in [0.4, 0.5) is 45.5 Å². The van der Waals surface area contributed by atoms with Crippen molar-refractivity contribution < 1.29 is 79.2 Å². The third-order valence-corrected chi connectivity index (χ3v) is 17.6. The topological polar surface area (TPSA) is 395 Å². The van der Waals surface area contributed by atoms with Gasteiger partial charge in [-0.3, -0.25) is 38.4 Å². The maximum absolute atomic E-state index is 17.4. The molecule has 0 unspecified atom stereocenters. The Labute approximate surface area is 609 Å². The van der Waals surface area contributed by atoms with Gasteiger partial charge in [-0.15, -0.1) is 0 Å². The Morgan fingerprint density at radius 1 is 0.179 bits per heavy atom. The van der Waals surface area contributed by atoms with E-state index in [-0.39, 0.29) is 45.5 Å². The fourth-order valence-electron chi connectivity index (χ4n) is 12.6. The lowest BCUT2D eigenvalue weighted by Gasteiger charge is -2.33. The van der Waals surface area contributed by atoms with Gasteiger partial charge in [-0.2, -0.15) is 0 Å². The number of nitrogens with one attached hydrogen (secondary N) is 8. The quantitative estimate of drug-likeness (QED) is 0.0161. The summed E-state index contributed by atoms with van der Waals surface area (Å²) in [5, 5.41) is 116. The van der Waals surface area contributed by atoms with Crippen molar-refractivity contribution in [2.45, 2.75) is 48.3 Å². The van der Waals surface area contributed by atoms with Crippen LogP contribution in [-0.4, -0.2) is 188 Å². The van der Waals surface area contributed by atoms with Gasteiger partial charge in [-0.05, 0) is 97.1 Å². The number of hydrogen-bond donors (Lipinski definition) is 16. The zero-order valence-electron chi connectivity index (χ0n) is 57.2. The van der Waals surface area contributed by atoms with Gasteiger partial charge in [0.15, 0.2) is 46.3 Å². The van der Waals surface area contributed by atoms with Gasteiger partial charge in [-0.1, -0.05) is 146 Å². The molecule has 10 aromatic rings. The molecule has 8 atom stereocenters. The van der Waals surface area contributed by atoms with Crippen LogP contribution in [0.2, 0.25) is 0 Å². The Morgan fingerprint density at radius 2 is 0.283 bits per heavy atom. The monoisotopic (exact) mass is 1430 g/mol. The fourth-order valence-corrected chi connectivity index (χ4v) is 12.6. The van der Waals surface area contributed by atoms with Crippen molar-refractivity contribution in [1.29, 1.82) is 0 Å². The van der Waals surface area contributed by atoms with E-state index in [4.69, 9.17) is 0 Å². The summed E-state index contributed by atoms with van der Waals surface area (Å²) in [5.74, 6) is -11.7. The van der Waals surface area contributed by atoms with Crippen LogP contribution in [-0.2, 0) is 0 Å². The van der Waals surface area contributed by atoms with E-state index < -0.39 is 203 Å². The Morgan fingerprint density at radius 3 is 0.387 bits per heavy atom. The highest BCUT2D eigenvalue weighted by molar-refractivity contribution is 6.39. The van der Waals surface area contributed by atoms with Crippen molar-refractivity contribution >= 4 is 103 Å². The molecule has 0 saturated carbocycles. The number of benzene rings is 10. The number of ketones is 8. The second-order valence-electron chi connectivity index (χ2n) is 24.6. The molecule has 0 aliphatic heterocycles. The van der Waals surface area contributed by atoms with Crippen molar-refractivity contribution in [1.82, 2.24) is 0 Å². The van der Waals surface area contributed by atoms with Gasteiger partial charge >= 0.3 is 0 Å². The second-order valence-corrected chi connectivity index (χ2v) is 24.6. The number of carbonyl (C=O) groups is 8. The number of fused-ring (bicyclic) bond motifs is 1. The Kier molecular flexibility index (Phi) is 26.6. The number of rotatable bonds is 40. The van der Waals surface area contributed by atoms with Crippen molar-refractivity contribution in [3.05, 3.63) is 287 Å². The lowest BCUT2D eigenvalue weighted by molar-refractivity contribution is 0.0875. The predicted octanol–water partition coefficient (Wildman–Crippen LogP) is 8.09. The molecule has 24 nitrogen and oxygen atoms in total. The molecule has 0 radical (unpaired) electrons. The Hall–Kier alpha value is -12.1. The first-order valence-electron chi connectivity index (χ1n) is 34.1. The van der Waals surface area contributed by atoms with Gasteiger partial charge in [0.1, 0.15) is 48.3 Å². The van der Waals surface area contributed by atoms with Crippen LogP contribution in [0.1, 0.15) is 82.9 Å². The number of aliphatic hydroxyl groups excluding tert-OH is 8. The van der Waals surface area contributed by atoms with Crippen LogP contribution < -0.4 is 42.5 Å². The number of Topliss-reactive ketones (excluding diaryl/α,β-unsaturated/α-hetero) is 8. The molecule has 0 heterocycles. The number of aliphatic hydroxyl groups is 8. The van der Waals surface area contributed by atoms with E-state index in [1.807, 2.05) is 0 Å². The minimum Gasteiger partial charge on any atom is -0.394 e. The molecule has 0 fully saturated rings. The summed E-state index contributed by atoms with van der Waals surface area (Å²) in [6.45, 7) is -9.82. The average molecular weight is 1430 g/mol. The SMILES string of the molecule is O=C(c1c(C(=O)[C@H](CO)Nc2ccccc2)c(C(=O)[C@H](CO)Nc2ccccc2)c2c(C(=O)[C@H](CO)Nc3ccccc3)c(C(=O)[C@H](CO)Nc3ccccc3)c(C(=O)[C@H](CO)Nc3ccccc3)c(C(=O)[C@H](CO)Nc3ccccc3)c2c1C(=O)[C@H](CO)Nc1ccccc1)[C@H](CO)Nc1ccccc1. The summed E-state index contributed by atoms with van der Waals surface area (Å²) >= 11 is 0. The standard InChI is InChI=1S/C82H80N8O16/c91-41-57(83-49-25-9-1-10-26-49)75(99)67-65-66(69(77(101)59(43-93)85-51-29-13-3-14-30-51)72(80(104)62(46-96)88-54-35-19-6-20-36-54)71(67)79(103)61(45-95)87-53-33-17-5-18-34-53)70(78(102)60(44-94)86-52-31-15-4-16-32-52)74(82(106)64(48-98)90-56-39-23-8-24-40-56)73(81(105)63(47-97)89-55-37-21-7-22-38-55)68(65)76(100)58(42-92)84-50-27-11-2-12-28-50/h1-40,57-64,83-98H,41-48H2/t57-,58-,59-,60-,61-,62-,63-,64-/m0/s1. The van der Waals surface area contributed by atoms with Crippen molar-refractivity contribution in [3.63, 3.8) is 0 Å². The van der Waals surface area contributed by atoms with Gasteiger partial charge in [0.2, 0.25) is 0 Å². The van der Waals surface area contributed by atoms with Gasteiger partial charge < -0.3 is 83.4 Å². The second kappa shape index (κ2) is 36.9. The molecular weight excluding hydrogens is 1350 g/mol. The largest absolute Gasteiger partial charge is 0.394 e. The molecule has 106 heavy (non-hydrogen) atoms. The summed E-state index contributed by atoms with van der Waals surface area (Å²) in [5.41, 5.74) is -8.41. The van der Waals surface area contributed by atoms with E-state index in [0.717, 1.165) is 0 Å². The maximum Gasteiger partial charge on any atom is 0.188 e. The zero-order valence-corrected chi connectivity index (χ0v) is 57.2. The lowest BCUT2D eigenvalue weighted by Crippen LogP contribution is -2.45. The summed E-state index contributed by atoms with van der Waals surface area (Å²) in [7, 11) is 0. The molecule has 0 aliphatic carbocycles.